The molecule has 0 fully saturated rings. The van der Waals surface area contributed by atoms with E-state index in [1.54, 1.807) is 37.4 Å². The lowest BCUT2D eigenvalue weighted by Crippen LogP contribution is -2.44. The number of methoxy groups -OCH3 is 1. The van der Waals surface area contributed by atoms with Crippen LogP contribution in [0.25, 0.3) is 0 Å². The van der Waals surface area contributed by atoms with Crippen LogP contribution in [-0.2, 0) is 9.53 Å². The Balaban J connectivity index is 1.86. The Morgan fingerprint density at radius 3 is 2.45 bits per heavy atom. The van der Waals surface area contributed by atoms with Crippen molar-refractivity contribution in [3.05, 3.63) is 58.1 Å². The largest absolute Gasteiger partial charge is 0.490 e. The van der Waals surface area contributed by atoms with E-state index in [1.165, 1.54) is 0 Å². The van der Waals surface area contributed by atoms with E-state index in [0.717, 1.165) is 10.0 Å². The lowest BCUT2D eigenvalue weighted by molar-refractivity contribution is -0.123. The van der Waals surface area contributed by atoms with Crippen molar-refractivity contribution in [3.8, 4) is 11.5 Å². The highest BCUT2D eigenvalue weighted by Crippen LogP contribution is 2.28. The van der Waals surface area contributed by atoms with Crippen molar-refractivity contribution in [2.24, 2.45) is 0 Å². The first kappa shape index (κ1) is 22.7. The van der Waals surface area contributed by atoms with E-state index in [9.17, 15) is 9.59 Å². The van der Waals surface area contributed by atoms with Crippen LogP contribution < -0.4 is 20.3 Å². The molecule has 156 valence electrons. The van der Waals surface area contributed by atoms with Gasteiger partial charge in [0, 0.05) is 7.11 Å². The average Bonchev–Trinajstić information content (AvgIpc) is 2.71. The molecule has 0 saturated carbocycles. The summed E-state index contributed by atoms with van der Waals surface area (Å²) in [5.41, 5.74) is 6.16. The van der Waals surface area contributed by atoms with Gasteiger partial charge in [0.2, 0.25) is 0 Å². The molecule has 2 rings (SSSR count). The van der Waals surface area contributed by atoms with E-state index in [0.29, 0.717) is 36.2 Å². The standard InChI is InChI=1S/C21H25BrN2O5/c1-14(2)15-8-9-19(17(22)12-15)29-13-20(25)23-24-21(26)16-6-4-5-7-18(16)28-11-10-27-3/h4-9,12,14H,10-11,13H2,1-3H3,(H,23,25)(H,24,26). The Labute approximate surface area is 178 Å². The highest BCUT2D eigenvalue weighted by molar-refractivity contribution is 9.10. The number of hydrogen-bond acceptors (Lipinski definition) is 5. The fourth-order valence-corrected chi connectivity index (χ4v) is 2.89. The van der Waals surface area contributed by atoms with Gasteiger partial charge in [-0.3, -0.25) is 20.4 Å². The molecular formula is C21H25BrN2O5. The van der Waals surface area contributed by atoms with Crippen LogP contribution in [0.15, 0.2) is 46.9 Å². The van der Waals surface area contributed by atoms with Crippen LogP contribution in [0.5, 0.6) is 11.5 Å². The summed E-state index contributed by atoms with van der Waals surface area (Å²) in [4.78, 5) is 24.4. The van der Waals surface area contributed by atoms with Crippen LogP contribution in [0.1, 0.15) is 35.7 Å². The number of carbonyl (C=O) groups is 2. The highest BCUT2D eigenvalue weighted by atomic mass is 79.9. The molecule has 0 aliphatic heterocycles. The van der Waals surface area contributed by atoms with Crippen LogP contribution in [-0.4, -0.2) is 38.7 Å². The second kappa shape index (κ2) is 11.4. The zero-order valence-corrected chi connectivity index (χ0v) is 18.2. The number of carbonyl (C=O) groups excluding carboxylic acids is 2. The normalized spacial score (nSPS) is 10.5. The smallest absolute Gasteiger partial charge is 0.276 e. The van der Waals surface area contributed by atoms with Gasteiger partial charge in [0.1, 0.15) is 18.1 Å². The second-order valence-electron chi connectivity index (χ2n) is 6.47. The van der Waals surface area contributed by atoms with E-state index in [-0.39, 0.29) is 6.61 Å². The molecule has 0 atom stereocenters. The van der Waals surface area contributed by atoms with Gasteiger partial charge in [-0.1, -0.05) is 32.0 Å². The number of nitrogens with one attached hydrogen (secondary N) is 2. The predicted molar refractivity (Wildman–Crippen MR) is 113 cm³/mol. The summed E-state index contributed by atoms with van der Waals surface area (Å²) in [7, 11) is 1.57. The molecule has 0 radical (unpaired) electrons. The van der Waals surface area contributed by atoms with Gasteiger partial charge in [-0.15, -0.1) is 0 Å². The average molecular weight is 465 g/mol. The summed E-state index contributed by atoms with van der Waals surface area (Å²) in [5.74, 6) is 0.361. The first-order valence-corrected chi connectivity index (χ1v) is 9.94. The molecule has 0 aliphatic carbocycles. The number of benzene rings is 2. The predicted octanol–water partition coefficient (Wildman–Crippen LogP) is 3.44. The van der Waals surface area contributed by atoms with E-state index >= 15 is 0 Å². The Kier molecular flexibility index (Phi) is 8.95. The van der Waals surface area contributed by atoms with Crippen LogP contribution in [0, 0.1) is 0 Å². The van der Waals surface area contributed by atoms with Crippen molar-refractivity contribution in [2.75, 3.05) is 26.9 Å². The number of ether oxygens (including phenoxy) is 3. The van der Waals surface area contributed by atoms with Gasteiger partial charge in [0.05, 0.1) is 16.6 Å². The minimum absolute atomic E-state index is 0.244. The molecule has 0 spiro atoms. The Hall–Kier alpha value is -2.58. The maximum atomic E-state index is 12.3. The van der Waals surface area contributed by atoms with E-state index in [4.69, 9.17) is 14.2 Å². The summed E-state index contributed by atoms with van der Waals surface area (Å²) in [6.45, 7) is 4.66. The highest BCUT2D eigenvalue weighted by Gasteiger charge is 2.14. The van der Waals surface area contributed by atoms with E-state index < -0.39 is 11.8 Å². The molecule has 0 aliphatic rings. The SMILES string of the molecule is COCCOc1ccccc1C(=O)NNC(=O)COc1ccc(C(C)C)cc1Br. The summed E-state index contributed by atoms with van der Waals surface area (Å²) < 4.78 is 16.7. The Morgan fingerprint density at radius 1 is 1.00 bits per heavy atom. The fourth-order valence-electron chi connectivity index (χ4n) is 2.38. The molecule has 2 aromatic carbocycles. The van der Waals surface area contributed by atoms with Gasteiger partial charge in [-0.2, -0.15) is 0 Å². The first-order chi connectivity index (χ1) is 13.9. The van der Waals surface area contributed by atoms with Gasteiger partial charge in [0.15, 0.2) is 6.61 Å². The van der Waals surface area contributed by atoms with E-state index in [2.05, 4.69) is 40.6 Å². The number of halogens is 1. The quantitative estimate of drug-likeness (QED) is 0.438. The van der Waals surface area contributed by atoms with Crippen LogP contribution in [0.2, 0.25) is 0 Å². The molecule has 0 heterocycles. The molecule has 7 nitrogen and oxygen atoms in total. The molecule has 2 aromatic rings. The number of para-hydroxylation sites is 1. The first-order valence-electron chi connectivity index (χ1n) is 9.14. The topological polar surface area (TPSA) is 85.9 Å². The van der Waals surface area contributed by atoms with Crippen LogP contribution in [0.3, 0.4) is 0 Å². The van der Waals surface area contributed by atoms with Crippen molar-refractivity contribution in [1.82, 2.24) is 10.9 Å². The third-order valence-corrected chi connectivity index (χ3v) is 4.59. The van der Waals surface area contributed by atoms with Gasteiger partial charge in [-0.25, -0.2) is 0 Å². The molecule has 0 bridgehead atoms. The van der Waals surface area contributed by atoms with Crippen molar-refractivity contribution >= 4 is 27.7 Å². The molecule has 8 heteroatoms. The fraction of sp³-hybridized carbons (Fsp3) is 0.333. The summed E-state index contributed by atoms with van der Waals surface area (Å²) in [6, 6.07) is 12.5. The van der Waals surface area contributed by atoms with Gasteiger partial charge in [-0.05, 0) is 51.7 Å². The number of hydrazine groups is 1. The van der Waals surface area contributed by atoms with Crippen molar-refractivity contribution < 1.29 is 23.8 Å². The number of hydrogen-bond donors (Lipinski definition) is 2. The lowest BCUT2D eigenvalue weighted by Gasteiger charge is -2.13. The second-order valence-corrected chi connectivity index (χ2v) is 7.33. The molecule has 0 aromatic heterocycles. The lowest BCUT2D eigenvalue weighted by atomic mass is 10.0. The third-order valence-electron chi connectivity index (χ3n) is 3.97. The minimum atomic E-state index is -0.492. The van der Waals surface area contributed by atoms with Crippen molar-refractivity contribution in [3.63, 3.8) is 0 Å². The maximum absolute atomic E-state index is 12.3. The summed E-state index contributed by atoms with van der Waals surface area (Å²) in [5, 5.41) is 0. The monoisotopic (exact) mass is 464 g/mol. The Morgan fingerprint density at radius 2 is 1.76 bits per heavy atom. The zero-order chi connectivity index (χ0) is 21.2. The van der Waals surface area contributed by atoms with Gasteiger partial charge < -0.3 is 14.2 Å². The summed E-state index contributed by atoms with van der Waals surface area (Å²) in [6.07, 6.45) is 0. The van der Waals surface area contributed by atoms with Crippen LogP contribution in [0.4, 0.5) is 0 Å². The molecular weight excluding hydrogens is 440 g/mol. The van der Waals surface area contributed by atoms with E-state index in [1.807, 2.05) is 12.1 Å². The number of amides is 2. The third kappa shape index (κ3) is 7.07. The Bertz CT molecular complexity index is 842. The molecule has 0 saturated heterocycles. The molecule has 29 heavy (non-hydrogen) atoms. The van der Waals surface area contributed by atoms with Gasteiger partial charge >= 0.3 is 0 Å². The van der Waals surface area contributed by atoms with Crippen LogP contribution >= 0.6 is 15.9 Å². The minimum Gasteiger partial charge on any atom is -0.490 e. The summed E-state index contributed by atoms with van der Waals surface area (Å²) >= 11 is 3.44. The van der Waals surface area contributed by atoms with Crippen molar-refractivity contribution in [1.29, 1.82) is 0 Å². The maximum Gasteiger partial charge on any atom is 0.276 e. The zero-order valence-electron chi connectivity index (χ0n) is 16.7. The van der Waals surface area contributed by atoms with Crippen molar-refractivity contribution in [2.45, 2.75) is 19.8 Å². The molecule has 0 unspecified atom stereocenters. The van der Waals surface area contributed by atoms with Gasteiger partial charge in [0.25, 0.3) is 11.8 Å². The molecule has 2 N–H and O–H groups in total. The number of rotatable bonds is 9. The molecule has 2 amide bonds.